The van der Waals surface area contributed by atoms with E-state index in [0.717, 1.165) is 5.01 Å². The Morgan fingerprint density at radius 1 is 1.00 bits per heavy atom. The molecule has 2 fully saturated rings. The van der Waals surface area contributed by atoms with Gasteiger partial charge in [0.05, 0.1) is 6.61 Å². The number of nitrogens with zero attached hydrogens (tertiary/aromatic N) is 3. The van der Waals surface area contributed by atoms with Crippen molar-refractivity contribution >= 4 is 35.7 Å². The summed E-state index contributed by atoms with van der Waals surface area (Å²) in [6.45, 7) is 5.92. The highest BCUT2D eigenvalue weighted by Gasteiger charge is 2.39. The molecule has 2 saturated heterocycles. The van der Waals surface area contributed by atoms with Gasteiger partial charge in [0.15, 0.2) is 0 Å². The molecule has 39 heavy (non-hydrogen) atoms. The summed E-state index contributed by atoms with van der Waals surface area (Å²) in [7, 11) is 1.27. The van der Waals surface area contributed by atoms with Crippen molar-refractivity contribution in [3.8, 4) is 0 Å². The first-order chi connectivity index (χ1) is 18.5. The summed E-state index contributed by atoms with van der Waals surface area (Å²) in [6.07, 6.45) is 1.46. The molecular weight excluding hydrogens is 512 g/mol. The van der Waals surface area contributed by atoms with Crippen molar-refractivity contribution in [3.63, 3.8) is 0 Å². The Hall–Kier alpha value is -3.42. The third-order valence-electron chi connectivity index (χ3n) is 6.79. The molecule has 0 aromatic carbocycles. The number of likely N-dealkylation sites (tertiary alicyclic amines) is 2. The number of hydrogen-bond donors (Lipinski definition) is 3. The summed E-state index contributed by atoms with van der Waals surface area (Å²) in [5, 5.41) is 3.49. The summed E-state index contributed by atoms with van der Waals surface area (Å²) in [6, 6.07) is -2.40. The fourth-order valence-corrected chi connectivity index (χ4v) is 4.76. The van der Waals surface area contributed by atoms with Crippen molar-refractivity contribution in [1.82, 2.24) is 25.6 Å². The molecular formula is C25H42N6O8. The first kappa shape index (κ1) is 31.8. The molecule has 1 unspecified atom stereocenters. The molecule has 2 heterocycles. The summed E-state index contributed by atoms with van der Waals surface area (Å²) >= 11 is 0. The van der Waals surface area contributed by atoms with E-state index in [1.165, 1.54) is 30.7 Å². The van der Waals surface area contributed by atoms with Crippen LogP contribution in [0.3, 0.4) is 0 Å². The average Bonchev–Trinajstić information content (AvgIpc) is 3.58. The Bertz CT molecular complexity index is 915. The Morgan fingerprint density at radius 3 is 2.21 bits per heavy atom. The molecule has 220 valence electrons. The lowest BCUT2D eigenvalue weighted by molar-refractivity contribution is -0.154. The van der Waals surface area contributed by atoms with E-state index in [1.807, 2.05) is 0 Å². The molecule has 0 aliphatic carbocycles. The van der Waals surface area contributed by atoms with E-state index in [-0.39, 0.29) is 18.9 Å². The van der Waals surface area contributed by atoms with Gasteiger partial charge in [-0.1, -0.05) is 0 Å². The van der Waals surface area contributed by atoms with Crippen LogP contribution in [0, 0.1) is 0 Å². The lowest BCUT2D eigenvalue weighted by Crippen LogP contribution is -2.57. The minimum absolute atomic E-state index is 0.121. The number of ether oxygens (including phenoxy) is 2. The van der Waals surface area contributed by atoms with Gasteiger partial charge in [-0.3, -0.25) is 24.6 Å². The number of esters is 1. The Kier molecular flexibility index (Phi) is 12.4. The van der Waals surface area contributed by atoms with Gasteiger partial charge in [-0.15, -0.1) is 0 Å². The van der Waals surface area contributed by atoms with E-state index in [0.29, 0.717) is 58.2 Å². The van der Waals surface area contributed by atoms with Crippen LogP contribution in [0.25, 0.3) is 0 Å². The zero-order chi connectivity index (χ0) is 29.1. The second kappa shape index (κ2) is 15.2. The average molecular weight is 555 g/mol. The van der Waals surface area contributed by atoms with E-state index in [1.54, 1.807) is 6.92 Å². The smallest absolute Gasteiger partial charge is 0.429 e. The number of nitrogens with one attached hydrogen (secondary N) is 2. The van der Waals surface area contributed by atoms with Gasteiger partial charge in [-0.2, -0.15) is 0 Å². The molecule has 0 aromatic rings. The molecule has 5 amide bonds. The predicted octanol–water partition coefficient (Wildman–Crippen LogP) is -0.347. The monoisotopic (exact) mass is 554 g/mol. The minimum atomic E-state index is -1.14. The third-order valence-corrected chi connectivity index (χ3v) is 6.79. The molecule has 2 aliphatic rings. The SMILES string of the molecule is CCOC(=O)C(CCCCN)OC(=O)N(C)NC(=O)[C@@H]1CCCN1C(=O)[C@H](C)NC(=O)[C@@H]1CCCN1C(C)=O. The van der Waals surface area contributed by atoms with Crippen LogP contribution in [0.1, 0.15) is 65.7 Å². The van der Waals surface area contributed by atoms with Crippen LogP contribution in [0.2, 0.25) is 0 Å². The molecule has 14 heteroatoms. The fourth-order valence-electron chi connectivity index (χ4n) is 4.76. The number of amides is 5. The molecule has 2 aliphatic heterocycles. The highest BCUT2D eigenvalue weighted by Crippen LogP contribution is 2.20. The highest BCUT2D eigenvalue weighted by atomic mass is 16.6. The predicted molar refractivity (Wildman–Crippen MR) is 138 cm³/mol. The largest absolute Gasteiger partial charge is 0.463 e. The van der Waals surface area contributed by atoms with Gasteiger partial charge in [0, 0.05) is 27.1 Å². The lowest BCUT2D eigenvalue weighted by atomic mass is 10.1. The Balaban J connectivity index is 1.95. The zero-order valence-electron chi connectivity index (χ0n) is 23.3. The van der Waals surface area contributed by atoms with Crippen molar-refractivity contribution in [2.45, 2.75) is 89.9 Å². The van der Waals surface area contributed by atoms with E-state index in [9.17, 15) is 28.8 Å². The molecule has 14 nitrogen and oxygen atoms in total. The molecule has 0 radical (unpaired) electrons. The maximum atomic E-state index is 13.1. The maximum Gasteiger partial charge on any atom is 0.429 e. The standard InChI is InChI=1S/C25H42N6O8/c1-5-38-24(36)20(12-6-7-13-26)39-25(37)29(4)28-22(34)19-11-9-15-31(19)23(35)16(2)27-21(33)18-10-8-14-30(18)17(3)32/h16,18-20H,5-15,26H2,1-4H3,(H,27,33)(H,28,34)/t16-,18-,19-,20?/m0/s1. The molecule has 0 aromatic heterocycles. The van der Waals surface area contributed by atoms with E-state index in [2.05, 4.69) is 10.7 Å². The van der Waals surface area contributed by atoms with E-state index >= 15 is 0 Å². The molecule has 0 bridgehead atoms. The van der Waals surface area contributed by atoms with Gasteiger partial charge in [-0.05, 0) is 65.3 Å². The first-order valence-corrected chi connectivity index (χ1v) is 13.5. The molecule has 0 saturated carbocycles. The number of carbonyl (C=O) groups excluding carboxylic acids is 6. The number of rotatable bonds is 11. The molecule has 4 N–H and O–H groups in total. The van der Waals surface area contributed by atoms with Gasteiger partial charge in [-0.25, -0.2) is 14.6 Å². The van der Waals surface area contributed by atoms with Crippen molar-refractivity contribution in [2.24, 2.45) is 5.73 Å². The van der Waals surface area contributed by atoms with Gasteiger partial charge in [0.2, 0.25) is 23.8 Å². The van der Waals surface area contributed by atoms with Crippen LogP contribution in [0.5, 0.6) is 0 Å². The van der Waals surface area contributed by atoms with Crippen LogP contribution in [0.15, 0.2) is 0 Å². The van der Waals surface area contributed by atoms with Crippen LogP contribution in [0.4, 0.5) is 4.79 Å². The maximum absolute atomic E-state index is 13.1. The Labute approximate surface area is 228 Å². The number of unbranched alkanes of at least 4 members (excludes halogenated alkanes) is 1. The second-order valence-electron chi connectivity index (χ2n) is 9.73. The number of hydrazine groups is 1. The summed E-state index contributed by atoms with van der Waals surface area (Å²) < 4.78 is 10.2. The number of carbonyl (C=O) groups is 6. The van der Waals surface area contributed by atoms with Crippen molar-refractivity contribution < 1.29 is 38.2 Å². The minimum Gasteiger partial charge on any atom is -0.463 e. The summed E-state index contributed by atoms with van der Waals surface area (Å²) in [5.74, 6) is -2.34. The van der Waals surface area contributed by atoms with Crippen molar-refractivity contribution in [2.75, 3.05) is 33.3 Å². The number of nitrogens with two attached hydrogens (primary N) is 1. The van der Waals surface area contributed by atoms with Gasteiger partial charge < -0.3 is 30.3 Å². The quantitative estimate of drug-likeness (QED) is 0.175. The van der Waals surface area contributed by atoms with E-state index < -0.39 is 54.0 Å². The third kappa shape index (κ3) is 8.80. The van der Waals surface area contributed by atoms with Crippen molar-refractivity contribution in [3.05, 3.63) is 0 Å². The van der Waals surface area contributed by atoms with Crippen molar-refractivity contribution in [1.29, 1.82) is 0 Å². The van der Waals surface area contributed by atoms with Gasteiger partial charge in [0.1, 0.15) is 18.1 Å². The van der Waals surface area contributed by atoms with Crippen LogP contribution in [-0.4, -0.2) is 108 Å². The fraction of sp³-hybridized carbons (Fsp3) is 0.760. The van der Waals surface area contributed by atoms with Gasteiger partial charge >= 0.3 is 12.1 Å². The molecule has 4 atom stereocenters. The summed E-state index contributed by atoms with van der Waals surface area (Å²) in [4.78, 5) is 78.3. The first-order valence-electron chi connectivity index (χ1n) is 13.5. The topological polar surface area (TPSA) is 181 Å². The summed E-state index contributed by atoms with van der Waals surface area (Å²) in [5.41, 5.74) is 7.91. The molecule has 0 spiro atoms. The number of hydrogen-bond acceptors (Lipinski definition) is 9. The molecule has 2 rings (SSSR count). The normalized spacial score (nSPS) is 20.1. The van der Waals surface area contributed by atoms with Crippen LogP contribution in [-0.2, 0) is 33.4 Å². The zero-order valence-corrected chi connectivity index (χ0v) is 23.3. The van der Waals surface area contributed by atoms with Crippen LogP contribution < -0.4 is 16.5 Å². The Morgan fingerprint density at radius 2 is 1.62 bits per heavy atom. The van der Waals surface area contributed by atoms with Gasteiger partial charge in [0.25, 0.3) is 5.91 Å². The van der Waals surface area contributed by atoms with Crippen LogP contribution >= 0.6 is 0 Å². The second-order valence-corrected chi connectivity index (χ2v) is 9.73. The lowest BCUT2D eigenvalue weighted by Gasteiger charge is -2.30. The highest BCUT2D eigenvalue weighted by molar-refractivity contribution is 5.94. The van der Waals surface area contributed by atoms with E-state index in [4.69, 9.17) is 15.2 Å².